The van der Waals surface area contributed by atoms with Gasteiger partial charge in [0.2, 0.25) is 11.1 Å². The number of halogens is 1. The Balaban J connectivity index is 2.43. The zero-order valence-electron chi connectivity index (χ0n) is 10.2. The molecule has 0 bridgehead atoms. The van der Waals surface area contributed by atoms with Crippen molar-refractivity contribution < 1.29 is 9.53 Å². The fourth-order valence-electron chi connectivity index (χ4n) is 1.49. The van der Waals surface area contributed by atoms with Gasteiger partial charge in [-0.05, 0) is 31.2 Å². The molecule has 6 heteroatoms. The van der Waals surface area contributed by atoms with Crippen LogP contribution < -0.4 is 5.43 Å². The van der Waals surface area contributed by atoms with Crippen molar-refractivity contribution in [3.63, 3.8) is 0 Å². The first-order valence-electron chi connectivity index (χ1n) is 5.65. The predicted octanol–water partition coefficient (Wildman–Crippen LogP) is 2.17. The van der Waals surface area contributed by atoms with Crippen LogP contribution in [-0.4, -0.2) is 22.4 Å². The van der Waals surface area contributed by atoms with E-state index in [0.29, 0.717) is 0 Å². The highest BCUT2D eigenvalue weighted by molar-refractivity contribution is 9.10. The van der Waals surface area contributed by atoms with Crippen molar-refractivity contribution in [2.45, 2.75) is 6.92 Å². The number of esters is 1. The van der Waals surface area contributed by atoms with E-state index in [-0.39, 0.29) is 12.3 Å². The third kappa shape index (κ3) is 3.08. The SMILES string of the molecule is CCOC(=O)c1nn(-c2ccc(Br)cc2)ccc1=O. The van der Waals surface area contributed by atoms with E-state index in [1.54, 1.807) is 6.92 Å². The van der Waals surface area contributed by atoms with Crippen molar-refractivity contribution in [3.8, 4) is 5.69 Å². The zero-order chi connectivity index (χ0) is 13.8. The molecule has 0 spiro atoms. The van der Waals surface area contributed by atoms with Gasteiger partial charge >= 0.3 is 5.97 Å². The van der Waals surface area contributed by atoms with Crippen molar-refractivity contribution in [2.24, 2.45) is 0 Å². The fourth-order valence-corrected chi connectivity index (χ4v) is 1.75. The molecule has 0 N–H and O–H groups in total. The molecule has 98 valence electrons. The lowest BCUT2D eigenvalue weighted by Gasteiger charge is -2.07. The maximum absolute atomic E-state index is 11.6. The Kier molecular flexibility index (Phi) is 4.11. The van der Waals surface area contributed by atoms with Crippen molar-refractivity contribution in [1.29, 1.82) is 0 Å². The summed E-state index contributed by atoms with van der Waals surface area (Å²) in [5, 5.41) is 4.01. The molecule has 0 radical (unpaired) electrons. The van der Waals surface area contributed by atoms with Gasteiger partial charge in [-0.25, -0.2) is 9.48 Å². The minimum Gasteiger partial charge on any atom is -0.461 e. The van der Waals surface area contributed by atoms with Gasteiger partial charge in [0.05, 0.1) is 12.3 Å². The van der Waals surface area contributed by atoms with Crippen LogP contribution in [0.2, 0.25) is 0 Å². The van der Waals surface area contributed by atoms with Crippen molar-refractivity contribution in [2.75, 3.05) is 6.61 Å². The Morgan fingerprint density at radius 3 is 2.63 bits per heavy atom. The second kappa shape index (κ2) is 5.79. The number of hydrogen-bond acceptors (Lipinski definition) is 4. The Hall–Kier alpha value is -1.95. The molecule has 0 atom stereocenters. The highest BCUT2D eigenvalue weighted by Gasteiger charge is 2.14. The van der Waals surface area contributed by atoms with Gasteiger partial charge in [-0.15, -0.1) is 0 Å². The van der Waals surface area contributed by atoms with Gasteiger partial charge in [-0.2, -0.15) is 5.10 Å². The summed E-state index contributed by atoms with van der Waals surface area (Å²) < 4.78 is 7.19. The molecule has 0 aliphatic heterocycles. The topological polar surface area (TPSA) is 61.2 Å². The summed E-state index contributed by atoms with van der Waals surface area (Å²) in [5.74, 6) is -0.709. The fraction of sp³-hybridized carbons (Fsp3) is 0.154. The zero-order valence-corrected chi connectivity index (χ0v) is 11.8. The Bertz CT molecular complexity index is 650. The van der Waals surface area contributed by atoms with Crippen LogP contribution in [0, 0.1) is 0 Å². The smallest absolute Gasteiger partial charge is 0.362 e. The first-order valence-corrected chi connectivity index (χ1v) is 6.44. The average molecular weight is 323 g/mol. The third-order valence-electron chi connectivity index (χ3n) is 2.37. The molecule has 0 saturated carbocycles. The van der Waals surface area contributed by atoms with Crippen LogP contribution in [0.25, 0.3) is 5.69 Å². The minimum atomic E-state index is -0.709. The molecule has 1 heterocycles. The second-order valence-electron chi connectivity index (χ2n) is 3.67. The molecule has 5 nitrogen and oxygen atoms in total. The van der Waals surface area contributed by atoms with Gasteiger partial charge in [0.15, 0.2) is 0 Å². The van der Waals surface area contributed by atoms with E-state index in [9.17, 15) is 9.59 Å². The lowest BCUT2D eigenvalue weighted by molar-refractivity contribution is 0.0515. The number of nitrogens with zero attached hydrogens (tertiary/aromatic N) is 2. The summed E-state index contributed by atoms with van der Waals surface area (Å²) in [6.45, 7) is 1.88. The Labute approximate surface area is 118 Å². The first kappa shape index (κ1) is 13.5. The lowest BCUT2D eigenvalue weighted by Crippen LogP contribution is -2.22. The van der Waals surface area contributed by atoms with Gasteiger partial charge in [0, 0.05) is 16.7 Å². The molecular weight excluding hydrogens is 312 g/mol. The number of benzene rings is 1. The summed E-state index contributed by atoms with van der Waals surface area (Å²) in [6, 6.07) is 8.62. The highest BCUT2D eigenvalue weighted by Crippen LogP contribution is 2.12. The quantitative estimate of drug-likeness (QED) is 0.812. The predicted molar refractivity (Wildman–Crippen MR) is 73.5 cm³/mol. The number of rotatable bonds is 3. The van der Waals surface area contributed by atoms with E-state index < -0.39 is 11.4 Å². The summed E-state index contributed by atoms with van der Waals surface area (Å²) >= 11 is 3.33. The average Bonchev–Trinajstić information content (AvgIpc) is 2.40. The van der Waals surface area contributed by atoms with E-state index in [2.05, 4.69) is 21.0 Å². The normalized spacial score (nSPS) is 10.2. The summed E-state index contributed by atoms with van der Waals surface area (Å²) in [7, 11) is 0. The standard InChI is InChI=1S/C13H11BrN2O3/c1-2-19-13(18)12-11(17)7-8-16(15-12)10-5-3-9(14)4-6-10/h3-8H,2H2,1H3. The largest absolute Gasteiger partial charge is 0.461 e. The molecule has 2 rings (SSSR count). The molecular formula is C13H11BrN2O3. The monoisotopic (exact) mass is 322 g/mol. The van der Waals surface area contributed by atoms with Crippen LogP contribution in [0.1, 0.15) is 17.4 Å². The molecule has 2 aromatic rings. The maximum Gasteiger partial charge on any atom is 0.362 e. The number of aromatic nitrogens is 2. The molecule has 0 fully saturated rings. The third-order valence-corrected chi connectivity index (χ3v) is 2.90. The van der Waals surface area contributed by atoms with Crippen LogP contribution >= 0.6 is 15.9 Å². The second-order valence-corrected chi connectivity index (χ2v) is 4.59. The minimum absolute atomic E-state index is 0.202. The van der Waals surface area contributed by atoms with Crippen LogP contribution in [-0.2, 0) is 4.74 Å². The van der Waals surface area contributed by atoms with Crippen molar-refractivity contribution in [1.82, 2.24) is 9.78 Å². The maximum atomic E-state index is 11.6. The van der Waals surface area contributed by atoms with Gasteiger partial charge in [0.25, 0.3) is 0 Å². The van der Waals surface area contributed by atoms with Crippen LogP contribution in [0.15, 0.2) is 45.8 Å². The highest BCUT2D eigenvalue weighted by atomic mass is 79.9. The van der Waals surface area contributed by atoms with Crippen LogP contribution in [0.5, 0.6) is 0 Å². The van der Waals surface area contributed by atoms with Gasteiger partial charge in [0.1, 0.15) is 0 Å². The number of hydrogen-bond donors (Lipinski definition) is 0. The van der Waals surface area contributed by atoms with E-state index >= 15 is 0 Å². The van der Waals surface area contributed by atoms with Gasteiger partial charge < -0.3 is 4.74 Å². The first-order chi connectivity index (χ1) is 9.11. The number of carbonyl (C=O) groups excluding carboxylic acids is 1. The van der Waals surface area contributed by atoms with Crippen molar-refractivity contribution in [3.05, 3.63) is 56.9 Å². The molecule has 1 aromatic carbocycles. The summed E-state index contributed by atoms with van der Waals surface area (Å²) in [6.07, 6.45) is 1.51. The van der Waals surface area contributed by atoms with E-state index in [0.717, 1.165) is 10.2 Å². The molecule has 0 aliphatic carbocycles. The molecule has 19 heavy (non-hydrogen) atoms. The van der Waals surface area contributed by atoms with Gasteiger partial charge in [-0.1, -0.05) is 15.9 Å². The van der Waals surface area contributed by atoms with Crippen molar-refractivity contribution >= 4 is 21.9 Å². The van der Waals surface area contributed by atoms with E-state index in [1.807, 2.05) is 24.3 Å². The molecule has 0 aliphatic rings. The van der Waals surface area contributed by atoms with Gasteiger partial charge in [-0.3, -0.25) is 4.79 Å². The molecule has 1 aromatic heterocycles. The number of carbonyl (C=O) groups is 1. The molecule has 0 unspecified atom stereocenters. The lowest BCUT2D eigenvalue weighted by atomic mass is 10.3. The van der Waals surface area contributed by atoms with Crippen LogP contribution in [0.3, 0.4) is 0 Å². The summed E-state index contributed by atoms with van der Waals surface area (Å²) in [4.78, 5) is 23.2. The Morgan fingerprint density at radius 1 is 1.32 bits per heavy atom. The van der Waals surface area contributed by atoms with E-state index in [1.165, 1.54) is 16.9 Å². The van der Waals surface area contributed by atoms with E-state index in [4.69, 9.17) is 4.74 Å². The number of ether oxygens (including phenoxy) is 1. The molecule has 0 saturated heterocycles. The Morgan fingerprint density at radius 2 is 2.00 bits per heavy atom. The summed E-state index contributed by atoms with van der Waals surface area (Å²) in [5.41, 5.74) is 0.0767. The molecule has 0 amide bonds. The van der Waals surface area contributed by atoms with Crippen LogP contribution in [0.4, 0.5) is 0 Å².